The molecule has 0 heterocycles. The molecule has 1 N–H and O–H groups in total. The summed E-state index contributed by atoms with van der Waals surface area (Å²) in [7, 11) is -5.38. The van der Waals surface area contributed by atoms with Gasteiger partial charge >= 0.3 is 5.51 Å². The molecule has 0 saturated heterocycles. The summed E-state index contributed by atoms with van der Waals surface area (Å²) in [5.74, 6) is 0. The van der Waals surface area contributed by atoms with Crippen LogP contribution in [0.25, 0.3) is 0 Å². The molecule has 0 aromatic carbocycles. The average Bonchev–Trinajstić information content (AvgIpc) is 1.85. The number of aliphatic hydroxyl groups is 1. The topological polar surface area (TPSA) is 54.4 Å². The highest BCUT2D eigenvalue weighted by atomic mass is 32.2. The quantitative estimate of drug-likeness (QED) is 0.750. The lowest BCUT2D eigenvalue weighted by Crippen LogP contribution is -2.33. The Bertz CT molecular complexity index is 231. The summed E-state index contributed by atoms with van der Waals surface area (Å²) in [5.41, 5.74) is -7.69. The SMILES string of the molecule is CCCC(O)S(=O)(=O)C(F)(F)F. The lowest BCUT2D eigenvalue weighted by atomic mass is 10.4. The molecule has 0 aliphatic heterocycles. The normalized spacial score (nSPS) is 16.1. The molecule has 0 aliphatic rings. The molecule has 0 radical (unpaired) electrons. The zero-order valence-corrected chi connectivity index (χ0v) is 7.11. The Morgan fingerprint density at radius 3 is 2.08 bits per heavy atom. The number of halogens is 3. The molecule has 0 bridgehead atoms. The van der Waals surface area contributed by atoms with E-state index >= 15 is 0 Å². The number of alkyl halides is 3. The lowest BCUT2D eigenvalue weighted by molar-refractivity contribution is -0.0477. The second-order valence-corrected chi connectivity index (χ2v) is 4.33. The maximum Gasteiger partial charge on any atom is 0.499 e. The lowest BCUT2D eigenvalue weighted by Gasteiger charge is -2.12. The third-order valence-corrected chi connectivity index (χ3v) is 2.81. The van der Waals surface area contributed by atoms with Gasteiger partial charge in [0, 0.05) is 0 Å². The number of hydrogen-bond acceptors (Lipinski definition) is 3. The van der Waals surface area contributed by atoms with Crippen molar-refractivity contribution >= 4 is 9.84 Å². The summed E-state index contributed by atoms with van der Waals surface area (Å²) in [6.07, 6.45) is -0.224. The third-order valence-electron chi connectivity index (χ3n) is 1.22. The number of rotatable bonds is 3. The zero-order valence-electron chi connectivity index (χ0n) is 6.30. The second-order valence-electron chi connectivity index (χ2n) is 2.23. The monoisotopic (exact) mass is 206 g/mol. The van der Waals surface area contributed by atoms with Gasteiger partial charge in [-0.3, -0.25) is 0 Å². The molecule has 0 rings (SSSR count). The Balaban J connectivity index is 4.64. The highest BCUT2D eigenvalue weighted by molar-refractivity contribution is 7.92. The van der Waals surface area contributed by atoms with Gasteiger partial charge in [-0.2, -0.15) is 13.2 Å². The fourth-order valence-corrected chi connectivity index (χ4v) is 1.41. The first-order valence-electron chi connectivity index (χ1n) is 3.21. The predicted octanol–water partition coefficient (Wildman–Crippen LogP) is 1.04. The standard InChI is InChI=1S/C5H9F3O3S/c1-2-3-4(9)12(10,11)5(6,7)8/h4,9H,2-3H2,1H3. The van der Waals surface area contributed by atoms with E-state index < -0.39 is 27.2 Å². The van der Waals surface area contributed by atoms with Gasteiger partial charge in [0.1, 0.15) is 0 Å². The molecule has 1 unspecified atom stereocenters. The number of hydrogen-bond donors (Lipinski definition) is 1. The van der Waals surface area contributed by atoms with Crippen molar-refractivity contribution in [2.24, 2.45) is 0 Å². The van der Waals surface area contributed by atoms with E-state index in [9.17, 15) is 21.6 Å². The molecule has 0 fully saturated rings. The average molecular weight is 206 g/mol. The summed E-state index contributed by atoms with van der Waals surface area (Å²) in [5, 5.41) is 8.60. The van der Waals surface area contributed by atoms with Crippen LogP contribution in [0.5, 0.6) is 0 Å². The van der Waals surface area contributed by atoms with E-state index in [1.807, 2.05) is 0 Å². The smallest absolute Gasteiger partial charge is 0.377 e. The van der Waals surface area contributed by atoms with Crippen LogP contribution < -0.4 is 0 Å². The molecule has 0 aliphatic carbocycles. The van der Waals surface area contributed by atoms with Gasteiger partial charge in [-0.05, 0) is 6.42 Å². The van der Waals surface area contributed by atoms with Crippen LogP contribution in [0.15, 0.2) is 0 Å². The van der Waals surface area contributed by atoms with E-state index in [-0.39, 0.29) is 6.42 Å². The van der Waals surface area contributed by atoms with Crippen molar-refractivity contribution in [1.82, 2.24) is 0 Å². The Labute approximate surface area is 68.1 Å². The molecule has 12 heavy (non-hydrogen) atoms. The van der Waals surface area contributed by atoms with Gasteiger partial charge in [-0.15, -0.1) is 0 Å². The van der Waals surface area contributed by atoms with Crippen LogP contribution in [0.4, 0.5) is 13.2 Å². The van der Waals surface area contributed by atoms with Crippen LogP contribution in [0.3, 0.4) is 0 Å². The Morgan fingerprint density at radius 1 is 1.42 bits per heavy atom. The van der Waals surface area contributed by atoms with Gasteiger partial charge in [0.25, 0.3) is 9.84 Å². The van der Waals surface area contributed by atoms with Crippen LogP contribution >= 0.6 is 0 Å². The molecule has 0 saturated carbocycles. The van der Waals surface area contributed by atoms with Crippen molar-refractivity contribution in [1.29, 1.82) is 0 Å². The summed E-state index contributed by atoms with van der Waals surface area (Å²) in [6, 6.07) is 0. The molecule has 3 nitrogen and oxygen atoms in total. The minimum atomic E-state index is -5.38. The summed E-state index contributed by atoms with van der Waals surface area (Å²) >= 11 is 0. The maximum atomic E-state index is 11.7. The van der Waals surface area contributed by atoms with Crippen LogP contribution in [-0.2, 0) is 9.84 Å². The highest BCUT2D eigenvalue weighted by Crippen LogP contribution is 2.27. The van der Waals surface area contributed by atoms with Crippen LogP contribution in [-0.4, -0.2) is 24.5 Å². The molecule has 7 heteroatoms. The summed E-state index contributed by atoms with van der Waals surface area (Å²) < 4.78 is 55.7. The highest BCUT2D eigenvalue weighted by Gasteiger charge is 2.49. The first kappa shape index (κ1) is 11.7. The minimum absolute atomic E-state index is 0.177. The van der Waals surface area contributed by atoms with Gasteiger partial charge in [0.05, 0.1) is 0 Å². The molecule has 0 aromatic rings. The Kier molecular flexibility index (Phi) is 3.52. The van der Waals surface area contributed by atoms with Gasteiger partial charge in [-0.25, -0.2) is 8.42 Å². The second kappa shape index (κ2) is 3.61. The van der Waals surface area contributed by atoms with E-state index in [0.29, 0.717) is 0 Å². The molecular formula is C5H9F3O3S. The van der Waals surface area contributed by atoms with Gasteiger partial charge < -0.3 is 5.11 Å². The van der Waals surface area contributed by atoms with Crippen molar-refractivity contribution in [2.45, 2.75) is 30.7 Å². The van der Waals surface area contributed by atoms with E-state index in [0.717, 1.165) is 0 Å². The van der Waals surface area contributed by atoms with E-state index in [2.05, 4.69) is 0 Å². The largest absolute Gasteiger partial charge is 0.499 e. The van der Waals surface area contributed by atoms with Crippen molar-refractivity contribution in [3.8, 4) is 0 Å². The molecule has 1 atom stereocenters. The number of sulfone groups is 1. The molecule has 74 valence electrons. The molecular weight excluding hydrogens is 197 g/mol. The van der Waals surface area contributed by atoms with E-state index in [4.69, 9.17) is 5.11 Å². The third kappa shape index (κ3) is 2.34. The van der Waals surface area contributed by atoms with E-state index in [1.165, 1.54) is 6.92 Å². The van der Waals surface area contributed by atoms with Crippen LogP contribution in [0.2, 0.25) is 0 Å². The molecule has 0 spiro atoms. The van der Waals surface area contributed by atoms with Crippen molar-refractivity contribution in [3.05, 3.63) is 0 Å². The fraction of sp³-hybridized carbons (Fsp3) is 1.00. The van der Waals surface area contributed by atoms with Gasteiger partial charge in [0.2, 0.25) is 0 Å². The van der Waals surface area contributed by atoms with Crippen LogP contribution in [0.1, 0.15) is 19.8 Å². The molecule has 0 aromatic heterocycles. The van der Waals surface area contributed by atoms with Crippen molar-refractivity contribution < 1.29 is 26.7 Å². The van der Waals surface area contributed by atoms with Crippen molar-refractivity contribution in [2.75, 3.05) is 0 Å². The summed E-state index contributed by atoms with van der Waals surface area (Å²) in [6.45, 7) is 1.48. The first-order chi connectivity index (χ1) is 5.23. The predicted molar refractivity (Wildman–Crippen MR) is 35.9 cm³/mol. The van der Waals surface area contributed by atoms with Crippen LogP contribution in [0, 0.1) is 0 Å². The van der Waals surface area contributed by atoms with Crippen molar-refractivity contribution in [3.63, 3.8) is 0 Å². The minimum Gasteiger partial charge on any atom is -0.377 e. The first-order valence-corrected chi connectivity index (χ1v) is 4.76. The summed E-state index contributed by atoms with van der Waals surface area (Å²) in [4.78, 5) is 0. The fourth-order valence-electron chi connectivity index (χ4n) is 0.556. The Morgan fingerprint density at radius 2 is 1.83 bits per heavy atom. The maximum absolute atomic E-state index is 11.7. The number of aliphatic hydroxyl groups excluding tert-OH is 1. The van der Waals surface area contributed by atoms with Gasteiger partial charge in [0.15, 0.2) is 5.44 Å². The zero-order chi connectivity index (χ0) is 9.99. The van der Waals surface area contributed by atoms with E-state index in [1.54, 1.807) is 0 Å². The van der Waals surface area contributed by atoms with Gasteiger partial charge in [-0.1, -0.05) is 13.3 Å². The Hall–Kier alpha value is -0.300. The molecule has 0 amide bonds.